The monoisotopic (exact) mass is 292 g/mol. The summed E-state index contributed by atoms with van der Waals surface area (Å²) in [4.78, 5) is 2.52. The summed E-state index contributed by atoms with van der Waals surface area (Å²) < 4.78 is 14.0. The molecule has 0 amide bonds. The highest BCUT2D eigenvalue weighted by Crippen LogP contribution is 2.29. The molecule has 1 unspecified atom stereocenters. The molecule has 1 saturated carbocycles. The number of halogens is 1. The SMILES string of the molecule is NC(=NO)c1ccc(CNC2CCN(C3CC3)C2)c(F)c1. The number of nitrogens with two attached hydrogens (primary N) is 1. The lowest BCUT2D eigenvalue weighted by Gasteiger charge is -2.16. The van der Waals surface area contributed by atoms with Crippen molar-refractivity contribution < 1.29 is 9.60 Å². The highest BCUT2D eigenvalue weighted by atomic mass is 19.1. The summed E-state index contributed by atoms with van der Waals surface area (Å²) in [6.45, 7) is 2.72. The van der Waals surface area contributed by atoms with Gasteiger partial charge in [0.25, 0.3) is 0 Å². The van der Waals surface area contributed by atoms with E-state index in [1.54, 1.807) is 12.1 Å². The molecule has 1 aliphatic heterocycles. The molecule has 5 nitrogen and oxygen atoms in total. The van der Waals surface area contributed by atoms with Crippen molar-refractivity contribution in [3.8, 4) is 0 Å². The van der Waals surface area contributed by atoms with Gasteiger partial charge in [-0.1, -0.05) is 17.3 Å². The van der Waals surface area contributed by atoms with E-state index in [2.05, 4.69) is 15.4 Å². The molecular weight excluding hydrogens is 271 g/mol. The minimum absolute atomic E-state index is 0.0794. The molecule has 21 heavy (non-hydrogen) atoms. The van der Waals surface area contributed by atoms with Crippen molar-refractivity contribution in [3.63, 3.8) is 0 Å². The van der Waals surface area contributed by atoms with Crippen LogP contribution in [0.25, 0.3) is 0 Å². The Morgan fingerprint density at radius 3 is 2.90 bits per heavy atom. The van der Waals surface area contributed by atoms with Crippen LogP contribution in [0.5, 0.6) is 0 Å². The average molecular weight is 292 g/mol. The predicted molar refractivity (Wildman–Crippen MR) is 78.8 cm³/mol. The molecular formula is C15H21FN4O. The molecule has 1 heterocycles. The summed E-state index contributed by atoms with van der Waals surface area (Å²) in [5.41, 5.74) is 6.44. The minimum Gasteiger partial charge on any atom is -0.409 e. The molecule has 0 aromatic heterocycles. The highest BCUT2D eigenvalue weighted by molar-refractivity contribution is 5.97. The fraction of sp³-hybridized carbons (Fsp3) is 0.533. The Balaban J connectivity index is 1.55. The summed E-state index contributed by atoms with van der Waals surface area (Å²) in [7, 11) is 0. The van der Waals surface area contributed by atoms with E-state index in [-0.39, 0.29) is 11.7 Å². The molecule has 4 N–H and O–H groups in total. The molecule has 0 radical (unpaired) electrons. The topological polar surface area (TPSA) is 73.9 Å². The number of benzene rings is 1. The Labute approximate surface area is 123 Å². The number of likely N-dealkylation sites (tertiary alicyclic amines) is 1. The van der Waals surface area contributed by atoms with Crippen LogP contribution in [-0.2, 0) is 6.54 Å². The van der Waals surface area contributed by atoms with Gasteiger partial charge >= 0.3 is 0 Å². The summed E-state index contributed by atoms with van der Waals surface area (Å²) in [5.74, 6) is -0.409. The Morgan fingerprint density at radius 1 is 1.43 bits per heavy atom. The van der Waals surface area contributed by atoms with E-state index in [4.69, 9.17) is 10.9 Å². The van der Waals surface area contributed by atoms with Crippen molar-refractivity contribution in [2.24, 2.45) is 10.9 Å². The largest absolute Gasteiger partial charge is 0.409 e. The average Bonchev–Trinajstić information content (AvgIpc) is 3.24. The highest BCUT2D eigenvalue weighted by Gasteiger charge is 2.34. The zero-order valence-corrected chi connectivity index (χ0v) is 11.9. The van der Waals surface area contributed by atoms with Crippen LogP contribution in [-0.4, -0.2) is 41.1 Å². The van der Waals surface area contributed by atoms with Gasteiger partial charge in [0.15, 0.2) is 5.84 Å². The normalized spacial score (nSPS) is 23.7. The molecule has 0 bridgehead atoms. The van der Waals surface area contributed by atoms with E-state index < -0.39 is 0 Å². The van der Waals surface area contributed by atoms with Gasteiger partial charge in [-0.15, -0.1) is 0 Å². The van der Waals surface area contributed by atoms with Crippen molar-refractivity contribution in [3.05, 3.63) is 35.1 Å². The van der Waals surface area contributed by atoms with Gasteiger partial charge in [-0.05, 0) is 25.3 Å². The van der Waals surface area contributed by atoms with Gasteiger partial charge in [-0.25, -0.2) is 4.39 Å². The van der Waals surface area contributed by atoms with E-state index in [1.807, 2.05) is 0 Å². The second-order valence-electron chi connectivity index (χ2n) is 5.88. The smallest absolute Gasteiger partial charge is 0.170 e. The van der Waals surface area contributed by atoms with Crippen LogP contribution in [0, 0.1) is 5.82 Å². The summed E-state index contributed by atoms with van der Waals surface area (Å²) in [6, 6.07) is 5.89. The summed E-state index contributed by atoms with van der Waals surface area (Å²) in [5, 5.41) is 14.9. The van der Waals surface area contributed by atoms with Crippen LogP contribution >= 0.6 is 0 Å². The first-order chi connectivity index (χ1) is 10.2. The minimum atomic E-state index is -0.330. The first kappa shape index (κ1) is 14.3. The Morgan fingerprint density at radius 2 is 2.24 bits per heavy atom. The number of rotatable bonds is 5. The maximum atomic E-state index is 14.0. The van der Waals surface area contributed by atoms with E-state index >= 15 is 0 Å². The van der Waals surface area contributed by atoms with Gasteiger partial charge in [-0.2, -0.15) is 0 Å². The van der Waals surface area contributed by atoms with Gasteiger partial charge in [0.1, 0.15) is 5.82 Å². The van der Waals surface area contributed by atoms with Crippen LogP contribution in [0.15, 0.2) is 23.4 Å². The third kappa shape index (κ3) is 3.33. The van der Waals surface area contributed by atoms with Gasteiger partial charge in [0.2, 0.25) is 0 Å². The second-order valence-corrected chi connectivity index (χ2v) is 5.88. The van der Waals surface area contributed by atoms with Crippen LogP contribution in [0.1, 0.15) is 30.4 Å². The Bertz CT molecular complexity index is 544. The molecule has 2 fully saturated rings. The van der Waals surface area contributed by atoms with E-state index in [0.29, 0.717) is 23.7 Å². The molecule has 3 rings (SSSR count). The zero-order valence-electron chi connectivity index (χ0n) is 11.9. The third-order valence-electron chi connectivity index (χ3n) is 4.32. The van der Waals surface area contributed by atoms with Crippen LogP contribution in [0.4, 0.5) is 4.39 Å². The lowest BCUT2D eigenvalue weighted by molar-refractivity contribution is 0.317. The van der Waals surface area contributed by atoms with E-state index in [1.165, 1.54) is 18.9 Å². The van der Waals surface area contributed by atoms with E-state index in [9.17, 15) is 4.39 Å². The fourth-order valence-electron chi connectivity index (χ4n) is 2.89. The number of hydrogen-bond donors (Lipinski definition) is 3. The molecule has 2 aliphatic rings. The maximum absolute atomic E-state index is 14.0. The van der Waals surface area contributed by atoms with Crippen LogP contribution in [0.2, 0.25) is 0 Å². The number of hydrogen-bond acceptors (Lipinski definition) is 4. The predicted octanol–water partition coefficient (Wildman–Crippen LogP) is 1.25. The first-order valence-electron chi connectivity index (χ1n) is 7.41. The standard InChI is InChI=1S/C15H21FN4O/c16-14-7-10(15(17)19-21)1-2-11(14)8-18-12-5-6-20(9-12)13-3-4-13/h1-2,7,12-13,18,21H,3-6,8-9H2,(H2,17,19). The van der Waals surface area contributed by atoms with Crippen LogP contribution < -0.4 is 11.1 Å². The molecule has 1 saturated heterocycles. The Hall–Kier alpha value is -1.66. The number of nitrogens with zero attached hydrogens (tertiary/aromatic N) is 2. The van der Waals surface area contributed by atoms with E-state index in [0.717, 1.165) is 25.6 Å². The number of amidine groups is 1. The van der Waals surface area contributed by atoms with Crippen molar-refractivity contribution in [1.29, 1.82) is 0 Å². The molecule has 6 heteroatoms. The van der Waals surface area contributed by atoms with Crippen molar-refractivity contribution in [2.75, 3.05) is 13.1 Å². The molecule has 114 valence electrons. The molecule has 1 aromatic rings. The summed E-state index contributed by atoms with van der Waals surface area (Å²) >= 11 is 0. The van der Waals surface area contributed by atoms with Crippen LogP contribution in [0.3, 0.4) is 0 Å². The van der Waals surface area contributed by atoms with Gasteiger partial charge < -0.3 is 16.3 Å². The quantitative estimate of drug-likeness (QED) is 0.330. The third-order valence-corrected chi connectivity index (χ3v) is 4.32. The molecule has 1 aromatic carbocycles. The van der Waals surface area contributed by atoms with Gasteiger partial charge in [0.05, 0.1) is 0 Å². The maximum Gasteiger partial charge on any atom is 0.170 e. The summed E-state index contributed by atoms with van der Waals surface area (Å²) in [6.07, 6.45) is 3.79. The van der Waals surface area contributed by atoms with Crippen molar-refractivity contribution >= 4 is 5.84 Å². The van der Waals surface area contributed by atoms with Gasteiger partial charge in [0, 0.05) is 42.8 Å². The molecule has 0 spiro atoms. The second kappa shape index (κ2) is 5.99. The fourth-order valence-corrected chi connectivity index (χ4v) is 2.89. The Kier molecular flexibility index (Phi) is 4.07. The molecule has 1 aliphatic carbocycles. The first-order valence-corrected chi connectivity index (χ1v) is 7.41. The number of nitrogens with one attached hydrogen (secondary N) is 1. The lowest BCUT2D eigenvalue weighted by Crippen LogP contribution is -2.33. The van der Waals surface area contributed by atoms with Crippen molar-refractivity contribution in [1.82, 2.24) is 10.2 Å². The van der Waals surface area contributed by atoms with Gasteiger partial charge in [-0.3, -0.25) is 4.90 Å². The van der Waals surface area contributed by atoms with Crippen molar-refractivity contribution in [2.45, 2.75) is 37.9 Å². The zero-order chi connectivity index (χ0) is 14.8. The lowest BCUT2D eigenvalue weighted by atomic mass is 10.1. The number of oxime groups is 1. The molecule has 1 atom stereocenters.